The number of hydrogen-bond donors (Lipinski definition) is 2. The standard InChI is InChI=1S/C19H16ClN5O4/c1-11-13(20)7-5-9-14(11)23-17-16(25(27)28)18(22-10-21-17)24-15-8-4-3-6-12(15)19(26)29-2/h3-10H,1-2H3,(H2,21,22,23,24). The van der Waals surface area contributed by atoms with Crippen LogP contribution in [0, 0.1) is 17.0 Å². The number of carbonyl (C=O) groups is 1. The van der Waals surface area contributed by atoms with E-state index < -0.39 is 10.9 Å². The van der Waals surface area contributed by atoms with Crippen molar-refractivity contribution < 1.29 is 14.5 Å². The Morgan fingerprint density at radius 3 is 2.34 bits per heavy atom. The summed E-state index contributed by atoms with van der Waals surface area (Å²) in [7, 11) is 1.25. The number of esters is 1. The van der Waals surface area contributed by atoms with Gasteiger partial charge in [0.25, 0.3) is 0 Å². The van der Waals surface area contributed by atoms with Crippen LogP contribution in [0.15, 0.2) is 48.8 Å². The van der Waals surface area contributed by atoms with Gasteiger partial charge in [0.15, 0.2) is 0 Å². The summed E-state index contributed by atoms with van der Waals surface area (Å²) in [4.78, 5) is 31.1. The Morgan fingerprint density at radius 1 is 1.07 bits per heavy atom. The van der Waals surface area contributed by atoms with Gasteiger partial charge >= 0.3 is 11.7 Å². The third-order valence-corrected chi connectivity index (χ3v) is 4.52. The molecular weight excluding hydrogens is 398 g/mol. The Hall–Kier alpha value is -3.72. The van der Waals surface area contributed by atoms with Crippen molar-refractivity contribution in [3.63, 3.8) is 0 Å². The first-order valence-corrected chi connectivity index (χ1v) is 8.76. The van der Waals surface area contributed by atoms with Gasteiger partial charge in [0, 0.05) is 10.7 Å². The summed E-state index contributed by atoms with van der Waals surface area (Å²) in [5.74, 6) is -0.686. The number of carbonyl (C=O) groups excluding carboxylic acids is 1. The number of rotatable bonds is 6. The largest absolute Gasteiger partial charge is 0.465 e. The van der Waals surface area contributed by atoms with Gasteiger partial charge in [-0.3, -0.25) is 10.1 Å². The van der Waals surface area contributed by atoms with E-state index in [2.05, 4.69) is 20.6 Å². The van der Waals surface area contributed by atoms with Crippen LogP contribution in [0.25, 0.3) is 0 Å². The van der Waals surface area contributed by atoms with Gasteiger partial charge < -0.3 is 15.4 Å². The number of nitro groups is 1. The highest BCUT2D eigenvalue weighted by molar-refractivity contribution is 6.31. The van der Waals surface area contributed by atoms with Crippen LogP contribution >= 0.6 is 11.6 Å². The molecule has 0 aliphatic heterocycles. The number of benzene rings is 2. The van der Waals surface area contributed by atoms with Crippen molar-refractivity contribution in [2.45, 2.75) is 6.92 Å². The molecule has 0 amide bonds. The fourth-order valence-electron chi connectivity index (χ4n) is 2.61. The molecule has 0 atom stereocenters. The molecule has 0 radical (unpaired) electrons. The zero-order chi connectivity index (χ0) is 21.0. The molecule has 2 N–H and O–H groups in total. The first kappa shape index (κ1) is 20.0. The van der Waals surface area contributed by atoms with Gasteiger partial charge in [0.2, 0.25) is 11.6 Å². The Labute approximate surface area is 170 Å². The molecule has 1 heterocycles. The van der Waals surface area contributed by atoms with Crippen molar-refractivity contribution in [3.8, 4) is 0 Å². The molecule has 0 unspecified atom stereocenters. The second-order valence-electron chi connectivity index (χ2n) is 5.88. The Balaban J connectivity index is 2.04. The fraction of sp³-hybridized carbons (Fsp3) is 0.105. The van der Waals surface area contributed by atoms with E-state index in [0.29, 0.717) is 22.0 Å². The lowest BCUT2D eigenvalue weighted by Gasteiger charge is -2.13. The molecule has 2 aromatic carbocycles. The fourth-order valence-corrected chi connectivity index (χ4v) is 2.79. The summed E-state index contributed by atoms with van der Waals surface area (Å²) >= 11 is 6.12. The molecule has 0 spiro atoms. The van der Waals surface area contributed by atoms with E-state index in [1.807, 2.05) is 0 Å². The lowest BCUT2D eigenvalue weighted by molar-refractivity contribution is -0.383. The molecule has 0 bridgehead atoms. The molecule has 0 fully saturated rings. The summed E-state index contributed by atoms with van der Waals surface area (Å²) in [6.07, 6.45) is 1.18. The number of methoxy groups -OCH3 is 1. The second kappa shape index (κ2) is 8.53. The maximum absolute atomic E-state index is 12.0. The van der Waals surface area contributed by atoms with Crippen molar-refractivity contribution in [2.75, 3.05) is 17.7 Å². The lowest BCUT2D eigenvalue weighted by Crippen LogP contribution is -2.09. The molecule has 3 aromatic rings. The normalized spacial score (nSPS) is 10.3. The Morgan fingerprint density at radius 2 is 1.69 bits per heavy atom. The predicted octanol–water partition coefficient (Wildman–Crippen LogP) is 4.62. The van der Waals surface area contributed by atoms with Crippen LogP contribution in [-0.4, -0.2) is 28.0 Å². The molecule has 0 saturated heterocycles. The smallest absolute Gasteiger partial charge is 0.353 e. The Kier molecular flexibility index (Phi) is 5.89. The van der Waals surface area contributed by atoms with E-state index in [0.717, 1.165) is 0 Å². The molecular formula is C19H16ClN5O4. The van der Waals surface area contributed by atoms with Crippen molar-refractivity contribution in [2.24, 2.45) is 0 Å². The van der Waals surface area contributed by atoms with Crippen LogP contribution in [0.2, 0.25) is 5.02 Å². The zero-order valence-corrected chi connectivity index (χ0v) is 16.2. The average molecular weight is 414 g/mol. The van der Waals surface area contributed by atoms with Crippen molar-refractivity contribution in [3.05, 3.63) is 75.1 Å². The van der Waals surface area contributed by atoms with Crippen LogP contribution in [0.3, 0.4) is 0 Å². The molecule has 0 aliphatic carbocycles. The molecule has 10 heteroatoms. The molecule has 3 rings (SSSR count). The molecule has 148 valence electrons. The maximum atomic E-state index is 12.0. The summed E-state index contributed by atoms with van der Waals surface area (Å²) in [6, 6.07) is 11.6. The monoisotopic (exact) mass is 413 g/mol. The van der Waals surface area contributed by atoms with Crippen molar-refractivity contribution in [1.82, 2.24) is 9.97 Å². The van der Waals surface area contributed by atoms with Crippen LogP contribution < -0.4 is 10.6 Å². The predicted molar refractivity (Wildman–Crippen MR) is 109 cm³/mol. The number of ether oxygens (including phenoxy) is 1. The van der Waals surface area contributed by atoms with E-state index in [1.165, 1.54) is 19.5 Å². The highest BCUT2D eigenvalue weighted by Gasteiger charge is 2.25. The van der Waals surface area contributed by atoms with Crippen LogP contribution in [0.5, 0.6) is 0 Å². The minimum Gasteiger partial charge on any atom is -0.465 e. The van der Waals surface area contributed by atoms with Gasteiger partial charge in [-0.15, -0.1) is 0 Å². The van der Waals surface area contributed by atoms with E-state index >= 15 is 0 Å². The van der Waals surface area contributed by atoms with Gasteiger partial charge in [-0.05, 0) is 36.8 Å². The highest BCUT2D eigenvalue weighted by atomic mass is 35.5. The number of para-hydroxylation sites is 1. The van der Waals surface area contributed by atoms with Crippen molar-refractivity contribution >= 4 is 46.3 Å². The summed E-state index contributed by atoms with van der Waals surface area (Å²) in [5.41, 5.74) is 1.42. The summed E-state index contributed by atoms with van der Waals surface area (Å²) in [5, 5.41) is 18.0. The van der Waals surface area contributed by atoms with Gasteiger partial charge in [-0.25, -0.2) is 14.8 Å². The molecule has 0 aliphatic rings. The van der Waals surface area contributed by atoms with Gasteiger partial charge in [-0.2, -0.15) is 0 Å². The minimum absolute atomic E-state index is 0.0200. The molecule has 9 nitrogen and oxygen atoms in total. The van der Waals surface area contributed by atoms with E-state index in [9.17, 15) is 14.9 Å². The first-order chi connectivity index (χ1) is 13.9. The average Bonchev–Trinajstić information content (AvgIpc) is 2.71. The van der Waals surface area contributed by atoms with E-state index in [4.69, 9.17) is 16.3 Å². The number of halogens is 1. The van der Waals surface area contributed by atoms with Crippen LogP contribution in [0.1, 0.15) is 15.9 Å². The lowest BCUT2D eigenvalue weighted by atomic mass is 10.1. The minimum atomic E-state index is -0.606. The number of nitrogens with one attached hydrogen (secondary N) is 2. The van der Waals surface area contributed by atoms with Gasteiger partial charge in [-0.1, -0.05) is 29.8 Å². The van der Waals surface area contributed by atoms with Crippen LogP contribution in [-0.2, 0) is 4.74 Å². The third-order valence-electron chi connectivity index (χ3n) is 4.11. The van der Waals surface area contributed by atoms with Gasteiger partial charge in [0.1, 0.15) is 6.33 Å². The quantitative estimate of drug-likeness (QED) is 0.341. The van der Waals surface area contributed by atoms with Crippen molar-refractivity contribution in [1.29, 1.82) is 0 Å². The topological polar surface area (TPSA) is 119 Å². The number of aromatic nitrogens is 2. The zero-order valence-electron chi connectivity index (χ0n) is 15.5. The molecule has 1 aromatic heterocycles. The van der Waals surface area contributed by atoms with Crippen LogP contribution in [0.4, 0.5) is 28.7 Å². The van der Waals surface area contributed by atoms with E-state index in [-0.39, 0.29) is 22.9 Å². The highest BCUT2D eigenvalue weighted by Crippen LogP contribution is 2.35. The maximum Gasteiger partial charge on any atom is 0.353 e. The SMILES string of the molecule is COC(=O)c1ccccc1Nc1ncnc(Nc2cccc(Cl)c2C)c1[N+](=O)[O-]. The van der Waals surface area contributed by atoms with Gasteiger partial charge in [0.05, 0.1) is 23.3 Å². The molecule has 0 saturated carbocycles. The summed E-state index contributed by atoms with van der Waals surface area (Å²) < 4.78 is 4.75. The number of nitrogens with zero attached hydrogens (tertiary/aromatic N) is 3. The first-order valence-electron chi connectivity index (χ1n) is 8.38. The summed E-state index contributed by atoms with van der Waals surface area (Å²) in [6.45, 7) is 1.78. The molecule has 29 heavy (non-hydrogen) atoms. The van der Waals surface area contributed by atoms with E-state index in [1.54, 1.807) is 43.3 Å². The number of hydrogen-bond acceptors (Lipinski definition) is 8. The Bertz CT molecular complexity index is 1090. The second-order valence-corrected chi connectivity index (χ2v) is 6.28. The number of anilines is 4. The third kappa shape index (κ3) is 4.25.